The fraction of sp³-hybridized carbons (Fsp3) is 0.500. The first-order valence-corrected chi connectivity index (χ1v) is 6.09. The third-order valence-corrected chi connectivity index (χ3v) is 2.71. The number of carbonyl (C=O) groups excluding carboxylic acids is 1. The zero-order valence-corrected chi connectivity index (χ0v) is 11.3. The monoisotopic (exact) mass is 250 g/mol. The van der Waals surface area contributed by atoms with Crippen LogP contribution in [-0.2, 0) is 11.2 Å². The molecule has 0 saturated heterocycles. The summed E-state index contributed by atoms with van der Waals surface area (Å²) in [6, 6.07) is 7.55. The number of nitrogen functional groups attached to an aromatic ring is 1. The molecule has 0 aliphatic heterocycles. The molecule has 0 saturated carbocycles. The SMILES string of the molecule is CN(CC(C)(C)O)C(=O)CCc1ccccc1N. The first kappa shape index (κ1) is 14.5. The molecule has 4 nitrogen and oxygen atoms in total. The molecule has 0 spiro atoms. The molecule has 0 unspecified atom stereocenters. The summed E-state index contributed by atoms with van der Waals surface area (Å²) >= 11 is 0. The zero-order valence-electron chi connectivity index (χ0n) is 11.3. The van der Waals surface area contributed by atoms with Crippen molar-refractivity contribution in [3.8, 4) is 0 Å². The van der Waals surface area contributed by atoms with E-state index in [1.165, 1.54) is 0 Å². The van der Waals surface area contributed by atoms with E-state index in [2.05, 4.69) is 0 Å². The van der Waals surface area contributed by atoms with Gasteiger partial charge in [-0.1, -0.05) is 18.2 Å². The molecule has 0 aliphatic rings. The lowest BCUT2D eigenvalue weighted by atomic mass is 10.1. The first-order chi connectivity index (χ1) is 8.29. The average Bonchev–Trinajstić information content (AvgIpc) is 2.25. The molecular formula is C14H22N2O2. The number of amides is 1. The molecule has 0 bridgehead atoms. The molecule has 3 N–H and O–H groups in total. The molecule has 4 heteroatoms. The molecule has 1 aromatic carbocycles. The van der Waals surface area contributed by atoms with E-state index in [0.29, 0.717) is 19.4 Å². The van der Waals surface area contributed by atoms with E-state index in [1.807, 2.05) is 24.3 Å². The van der Waals surface area contributed by atoms with Gasteiger partial charge in [-0.2, -0.15) is 0 Å². The lowest BCUT2D eigenvalue weighted by Crippen LogP contribution is -2.39. The topological polar surface area (TPSA) is 66.6 Å². The smallest absolute Gasteiger partial charge is 0.222 e. The summed E-state index contributed by atoms with van der Waals surface area (Å²) in [6.07, 6.45) is 1.03. The molecular weight excluding hydrogens is 228 g/mol. The van der Waals surface area contributed by atoms with Crippen molar-refractivity contribution < 1.29 is 9.90 Å². The third-order valence-electron chi connectivity index (χ3n) is 2.71. The van der Waals surface area contributed by atoms with Gasteiger partial charge in [0.05, 0.1) is 5.60 Å². The Kier molecular flexibility index (Phi) is 4.73. The van der Waals surface area contributed by atoms with Crippen molar-refractivity contribution in [2.75, 3.05) is 19.3 Å². The second kappa shape index (κ2) is 5.87. The predicted octanol–water partition coefficient (Wildman–Crippen LogP) is 1.43. The molecule has 1 amide bonds. The highest BCUT2D eigenvalue weighted by molar-refractivity contribution is 5.76. The highest BCUT2D eigenvalue weighted by Crippen LogP contribution is 2.13. The van der Waals surface area contributed by atoms with E-state index in [9.17, 15) is 9.90 Å². The Labute approximate surface area is 108 Å². The maximum Gasteiger partial charge on any atom is 0.222 e. The Hall–Kier alpha value is -1.55. The molecule has 0 aromatic heterocycles. The molecule has 0 fully saturated rings. The van der Waals surface area contributed by atoms with Gasteiger partial charge in [-0.3, -0.25) is 4.79 Å². The van der Waals surface area contributed by atoms with Gasteiger partial charge in [0.2, 0.25) is 5.91 Å². The summed E-state index contributed by atoms with van der Waals surface area (Å²) in [4.78, 5) is 13.4. The molecule has 1 rings (SSSR count). The Morgan fingerprint density at radius 3 is 2.56 bits per heavy atom. The molecule has 0 aliphatic carbocycles. The number of carbonyl (C=O) groups is 1. The van der Waals surface area contributed by atoms with Crippen LogP contribution in [0.15, 0.2) is 24.3 Å². The van der Waals surface area contributed by atoms with Gasteiger partial charge in [0.25, 0.3) is 0 Å². The average molecular weight is 250 g/mol. The van der Waals surface area contributed by atoms with Crippen LogP contribution in [0.5, 0.6) is 0 Å². The molecule has 0 radical (unpaired) electrons. The highest BCUT2D eigenvalue weighted by atomic mass is 16.3. The standard InChI is InChI=1S/C14H22N2O2/c1-14(2,18)10-16(3)13(17)9-8-11-6-4-5-7-12(11)15/h4-7,18H,8-10,15H2,1-3H3. The van der Waals surface area contributed by atoms with Crippen molar-refractivity contribution in [2.24, 2.45) is 0 Å². The summed E-state index contributed by atoms with van der Waals surface area (Å²) in [7, 11) is 1.70. The van der Waals surface area contributed by atoms with Gasteiger partial charge >= 0.3 is 0 Å². The summed E-state index contributed by atoms with van der Waals surface area (Å²) in [5, 5.41) is 9.65. The van der Waals surface area contributed by atoms with Crippen LogP contribution in [0.3, 0.4) is 0 Å². The van der Waals surface area contributed by atoms with Crippen LogP contribution in [0.2, 0.25) is 0 Å². The van der Waals surface area contributed by atoms with Gasteiger partial charge in [-0.15, -0.1) is 0 Å². The maximum atomic E-state index is 11.9. The van der Waals surface area contributed by atoms with Crippen LogP contribution < -0.4 is 5.73 Å². The normalized spacial score (nSPS) is 11.3. The first-order valence-electron chi connectivity index (χ1n) is 6.09. The van der Waals surface area contributed by atoms with Gasteiger partial charge in [0.1, 0.15) is 0 Å². The highest BCUT2D eigenvalue weighted by Gasteiger charge is 2.19. The summed E-state index contributed by atoms with van der Waals surface area (Å²) in [5.41, 5.74) is 6.66. The lowest BCUT2D eigenvalue weighted by Gasteiger charge is -2.25. The number of aliphatic hydroxyl groups is 1. The Bertz CT molecular complexity index is 411. The Balaban J connectivity index is 2.49. The van der Waals surface area contributed by atoms with Crippen molar-refractivity contribution in [3.63, 3.8) is 0 Å². The Morgan fingerprint density at radius 2 is 2.00 bits per heavy atom. The van der Waals surface area contributed by atoms with E-state index < -0.39 is 5.60 Å². The quantitative estimate of drug-likeness (QED) is 0.777. The van der Waals surface area contributed by atoms with Gasteiger partial charge in [-0.05, 0) is 31.9 Å². The van der Waals surface area contributed by atoms with Crippen LogP contribution in [0.25, 0.3) is 0 Å². The van der Waals surface area contributed by atoms with Crippen LogP contribution in [0.4, 0.5) is 5.69 Å². The van der Waals surface area contributed by atoms with Crippen LogP contribution in [0, 0.1) is 0 Å². The van der Waals surface area contributed by atoms with Crippen molar-refractivity contribution in [1.29, 1.82) is 0 Å². The fourth-order valence-electron chi connectivity index (χ4n) is 1.86. The zero-order chi connectivity index (χ0) is 13.8. The molecule has 18 heavy (non-hydrogen) atoms. The second-order valence-corrected chi connectivity index (χ2v) is 5.26. The van der Waals surface area contributed by atoms with Crippen molar-refractivity contribution >= 4 is 11.6 Å². The number of hydrogen-bond donors (Lipinski definition) is 2. The van der Waals surface area contributed by atoms with Gasteiger partial charge in [-0.25, -0.2) is 0 Å². The lowest BCUT2D eigenvalue weighted by molar-refractivity contribution is -0.132. The van der Waals surface area contributed by atoms with Gasteiger partial charge < -0.3 is 15.7 Å². The largest absolute Gasteiger partial charge is 0.399 e. The van der Waals surface area contributed by atoms with Gasteiger partial charge in [0.15, 0.2) is 0 Å². The molecule has 0 heterocycles. The Morgan fingerprint density at radius 1 is 1.39 bits per heavy atom. The van der Waals surface area contributed by atoms with Crippen LogP contribution >= 0.6 is 0 Å². The molecule has 100 valence electrons. The van der Waals surface area contributed by atoms with E-state index >= 15 is 0 Å². The maximum absolute atomic E-state index is 11.9. The molecule has 1 aromatic rings. The predicted molar refractivity (Wildman–Crippen MR) is 73.1 cm³/mol. The molecule has 0 atom stereocenters. The minimum atomic E-state index is -0.865. The van der Waals surface area contributed by atoms with Crippen LogP contribution in [0.1, 0.15) is 25.8 Å². The van der Waals surface area contributed by atoms with Crippen molar-refractivity contribution in [1.82, 2.24) is 4.90 Å². The minimum Gasteiger partial charge on any atom is -0.399 e. The number of aryl methyl sites for hydroxylation is 1. The summed E-state index contributed by atoms with van der Waals surface area (Å²) < 4.78 is 0. The van der Waals surface area contributed by atoms with E-state index in [-0.39, 0.29) is 5.91 Å². The summed E-state index contributed by atoms with van der Waals surface area (Å²) in [5.74, 6) is 0.0142. The van der Waals surface area contributed by atoms with E-state index in [4.69, 9.17) is 5.73 Å². The number of para-hydroxylation sites is 1. The van der Waals surface area contributed by atoms with Gasteiger partial charge in [0, 0.05) is 25.7 Å². The summed E-state index contributed by atoms with van der Waals surface area (Å²) in [6.45, 7) is 3.70. The number of benzene rings is 1. The third kappa shape index (κ3) is 4.75. The van der Waals surface area contributed by atoms with E-state index in [0.717, 1.165) is 11.3 Å². The number of nitrogens with zero attached hydrogens (tertiary/aromatic N) is 1. The van der Waals surface area contributed by atoms with Crippen LogP contribution in [-0.4, -0.2) is 35.1 Å². The van der Waals surface area contributed by atoms with Crippen molar-refractivity contribution in [2.45, 2.75) is 32.3 Å². The number of anilines is 1. The second-order valence-electron chi connectivity index (χ2n) is 5.26. The number of nitrogens with two attached hydrogens (primary N) is 1. The minimum absolute atomic E-state index is 0.0142. The number of likely N-dealkylation sites (N-methyl/N-ethyl adjacent to an activating group) is 1. The fourth-order valence-corrected chi connectivity index (χ4v) is 1.86. The number of hydrogen-bond acceptors (Lipinski definition) is 3. The van der Waals surface area contributed by atoms with Crippen molar-refractivity contribution in [3.05, 3.63) is 29.8 Å². The van der Waals surface area contributed by atoms with E-state index in [1.54, 1.807) is 25.8 Å². The number of rotatable bonds is 5.